The number of rotatable bonds is 9. The lowest BCUT2D eigenvalue weighted by Gasteiger charge is -2.15. The summed E-state index contributed by atoms with van der Waals surface area (Å²) >= 11 is 0. The van der Waals surface area contributed by atoms with Gasteiger partial charge in [0.1, 0.15) is 0 Å². The zero-order chi connectivity index (χ0) is 18.0. The number of aryl methyl sites for hydroxylation is 2. The Balaban J connectivity index is 1.49. The van der Waals surface area contributed by atoms with E-state index in [4.69, 9.17) is 0 Å². The van der Waals surface area contributed by atoms with Gasteiger partial charge in [0.15, 0.2) is 0 Å². The third kappa shape index (κ3) is 5.43. The van der Waals surface area contributed by atoms with Crippen molar-refractivity contribution in [1.29, 1.82) is 0 Å². The summed E-state index contributed by atoms with van der Waals surface area (Å²) in [6.07, 6.45) is 7.96. The Labute approximate surface area is 157 Å². The molecule has 3 rings (SSSR count). The van der Waals surface area contributed by atoms with Crippen LogP contribution in [0.4, 0.5) is 0 Å². The van der Waals surface area contributed by atoms with Gasteiger partial charge in [-0.3, -0.25) is 0 Å². The normalized spacial score (nSPS) is 15.5. The minimum Gasteiger partial charge on any atom is -0.411 e. The number of oxime groups is 1. The second-order valence-electron chi connectivity index (χ2n) is 7.19. The molecule has 1 fully saturated rings. The van der Waals surface area contributed by atoms with Crippen molar-refractivity contribution in [3.63, 3.8) is 0 Å². The van der Waals surface area contributed by atoms with E-state index in [-0.39, 0.29) is 0 Å². The molecule has 0 bridgehead atoms. The van der Waals surface area contributed by atoms with Crippen molar-refractivity contribution in [3.05, 3.63) is 71.3 Å². The summed E-state index contributed by atoms with van der Waals surface area (Å²) in [5.74, 6) is 0. The lowest BCUT2D eigenvalue weighted by Crippen LogP contribution is -2.20. The largest absolute Gasteiger partial charge is 0.411 e. The van der Waals surface area contributed by atoms with Gasteiger partial charge in [-0.2, -0.15) is 0 Å². The highest BCUT2D eigenvalue weighted by molar-refractivity contribution is 6.00. The molecule has 0 radical (unpaired) electrons. The minimum absolute atomic E-state index is 0.775. The molecule has 0 saturated carbocycles. The summed E-state index contributed by atoms with van der Waals surface area (Å²) in [5, 5.41) is 12.9. The number of benzene rings is 2. The van der Waals surface area contributed by atoms with Gasteiger partial charge in [-0.1, -0.05) is 59.8 Å². The highest BCUT2D eigenvalue weighted by Crippen LogP contribution is 2.17. The second-order valence-corrected chi connectivity index (χ2v) is 7.19. The van der Waals surface area contributed by atoms with Gasteiger partial charge in [-0.05, 0) is 81.3 Å². The number of likely N-dealkylation sites (tertiary alicyclic amines) is 1. The van der Waals surface area contributed by atoms with Crippen LogP contribution >= 0.6 is 0 Å². The lowest BCUT2D eigenvalue weighted by atomic mass is 9.96. The van der Waals surface area contributed by atoms with Crippen molar-refractivity contribution in [2.24, 2.45) is 5.16 Å². The van der Waals surface area contributed by atoms with Gasteiger partial charge in [0.2, 0.25) is 0 Å². The van der Waals surface area contributed by atoms with E-state index in [9.17, 15) is 5.21 Å². The van der Waals surface area contributed by atoms with Crippen LogP contribution in [0.3, 0.4) is 0 Å². The van der Waals surface area contributed by atoms with E-state index in [1.807, 2.05) is 30.3 Å². The molecule has 1 aliphatic heterocycles. The average molecular weight is 351 g/mol. The van der Waals surface area contributed by atoms with E-state index < -0.39 is 0 Å². The molecule has 2 aromatic rings. The van der Waals surface area contributed by atoms with E-state index in [1.54, 1.807) is 0 Å². The SMILES string of the molecule is ON=C(CCCc1ccccc1CCCN1CCCC1)c1ccccc1. The third-order valence-corrected chi connectivity index (χ3v) is 5.32. The van der Waals surface area contributed by atoms with E-state index in [1.165, 1.54) is 50.0 Å². The van der Waals surface area contributed by atoms with Gasteiger partial charge in [0.05, 0.1) is 5.71 Å². The van der Waals surface area contributed by atoms with E-state index in [0.29, 0.717) is 0 Å². The average Bonchev–Trinajstić information content (AvgIpc) is 3.20. The third-order valence-electron chi connectivity index (χ3n) is 5.32. The molecule has 0 unspecified atom stereocenters. The van der Waals surface area contributed by atoms with Crippen LogP contribution in [0, 0.1) is 0 Å². The summed E-state index contributed by atoms with van der Waals surface area (Å²) in [6.45, 7) is 3.79. The van der Waals surface area contributed by atoms with Crippen molar-refractivity contribution in [2.75, 3.05) is 19.6 Å². The van der Waals surface area contributed by atoms with Crippen LogP contribution in [-0.2, 0) is 12.8 Å². The smallest absolute Gasteiger partial charge is 0.0867 e. The highest BCUT2D eigenvalue weighted by atomic mass is 16.4. The van der Waals surface area contributed by atoms with E-state index >= 15 is 0 Å². The van der Waals surface area contributed by atoms with Gasteiger partial charge in [-0.25, -0.2) is 0 Å². The molecule has 1 aliphatic rings. The number of hydrogen-bond acceptors (Lipinski definition) is 3. The summed E-state index contributed by atoms with van der Waals surface area (Å²) in [4.78, 5) is 2.59. The zero-order valence-electron chi connectivity index (χ0n) is 15.6. The van der Waals surface area contributed by atoms with Gasteiger partial charge in [-0.15, -0.1) is 0 Å². The van der Waals surface area contributed by atoms with Gasteiger partial charge >= 0.3 is 0 Å². The topological polar surface area (TPSA) is 35.8 Å². The first-order valence-corrected chi connectivity index (χ1v) is 9.92. The van der Waals surface area contributed by atoms with Crippen molar-refractivity contribution in [1.82, 2.24) is 4.90 Å². The van der Waals surface area contributed by atoms with E-state index in [2.05, 4.69) is 34.3 Å². The Hall–Kier alpha value is -2.13. The van der Waals surface area contributed by atoms with Gasteiger partial charge < -0.3 is 10.1 Å². The molecule has 0 spiro atoms. The first-order valence-electron chi connectivity index (χ1n) is 9.92. The highest BCUT2D eigenvalue weighted by Gasteiger charge is 2.11. The molecular formula is C23H30N2O. The van der Waals surface area contributed by atoms with Crippen LogP contribution in [0.5, 0.6) is 0 Å². The molecule has 3 nitrogen and oxygen atoms in total. The molecule has 2 aromatic carbocycles. The van der Waals surface area contributed by atoms with Crippen molar-refractivity contribution >= 4 is 5.71 Å². The van der Waals surface area contributed by atoms with Crippen LogP contribution in [0.1, 0.15) is 48.8 Å². The zero-order valence-corrected chi connectivity index (χ0v) is 15.6. The molecule has 0 aliphatic carbocycles. The fourth-order valence-electron chi connectivity index (χ4n) is 3.87. The maximum absolute atomic E-state index is 9.33. The molecule has 138 valence electrons. The maximum Gasteiger partial charge on any atom is 0.0867 e. The Bertz CT molecular complexity index is 690. The summed E-state index contributed by atoms with van der Waals surface area (Å²) in [5.41, 5.74) is 4.71. The Morgan fingerprint density at radius 1 is 0.846 bits per heavy atom. The van der Waals surface area contributed by atoms with Crippen LogP contribution in [0.2, 0.25) is 0 Å². The standard InChI is InChI=1S/C23H30N2O/c26-24-23(22-12-2-1-3-13-22)16-8-14-20-10-4-5-11-21(20)15-9-19-25-17-6-7-18-25/h1-5,10-13,26H,6-9,14-19H2. The summed E-state index contributed by atoms with van der Waals surface area (Å²) < 4.78 is 0. The van der Waals surface area contributed by atoms with Gasteiger partial charge in [0, 0.05) is 0 Å². The van der Waals surface area contributed by atoms with Crippen molar-refractivity contribution < 1.29 is 5.21 Å². The molecule has 0 aromatic heterocycles. The predicted octanol–water partition coefficient (Wildman–Crippen LogP) is 4.92. The summed E-state index contributed by atoms with van der Waals surface area (Å²) in [7, 11) is 0. The summed E-state index contributed by atoms with van der Waals surface area (Å²) in [6, 6.07) is 18.8. The number of hydrogen-bond donors (Lipinski definition) is 1. The predicted molar refractivity (Wildman–Crippen MR) is 108 cm³/mol. The van der Waals surface area contributed by atoms with Crippen LogP contribution in [0.25, 0.3) is 0 Å². The van der Waals surface area contributed by atoms with Gasteiger partial charge in [0.25, 0.3) is 0 Å². The first kappa shape index (κ1) is 18.7. The van der Waals surface area contributed by atoms with Crippen molar-refractivity contribution in [2.45, 2.75) is 44.9 Å². The fraction of sp³-hybridized carbons (Fsp3) is 0.435. The monoisotopic (exact) mass is 350 g/mol. The van der Waals surface area contributed by atoms with Crippen LogP contribution in [0.15, 0.2) is 59.8 Å². The maximum atomic E-state index is 9.33. The molecule has 0 amide bonds. The van der Waals surface area contributed by atoms with Crippen LogP contribution < -0.4 is 0 Å². The first-order chi connectivity index (χ1) is 12.9. The Morgan fingerprint density at radius 2 is 1.46 bits per heavy atom. The minimum atomic E-state index is 0.775. The number of nitrogens with zero attached hydrogens (tertiary/aromatic N) is 2. The molecule has 26 heavy (non-hydrogen) atoms. The molecule has 0 atom stereocenters. The molecule has 3 heteroatoms. The molecular weight excluding hydrogens is 320 g/mol. The Morgan fingerprint density at radius 3 is 2.12 bits per heavy atom. The molecule has 1 saturated heterocycles. The quantitative estimate of drug-likeness (QED) is 0.396. The van der Waals surface area contributed by atoms with E-state index in [0.717, 1.165) is 37.0 Å². The molecule has 1 N–H and O–H groups in total. The Kier molecular flexibility index (Phi) is 7.26. The van der Waals surface area contributed by atoms with Crippen LogP contribution in [-0.4, -0.2) is 35.5 Å². The van der Waals surface area contributed by atoms with Crippen molar-refractivity contribution in [3.8, 4) is 0 Å². The molecule has 1 heterocycles. The fourth-order valence-corrected chi connectivity index (χ4v) is 3.87. The second kappa shape index (κ2) is 10.1. The lowest BCUT2D eigenvalue weighted by molar-refractivity contribution is 0.318.